The fourth-order valence-electron chi connectivity index (χ4n) is 2.57. The first kappa shape index (κ1) is 15.8. The van der Waals surface area contributed by atoms with Crippen LogP contribution in [0.25, 0.3) is 0 Å². The van der Waals surface area contributed by atoms with Gasteiger partial charge in [-0.2, -0.15) is 0 Å². The number of hydrogen-bond acceptors (Lipinski definition) is 4. The van der Waals surface area contributed by atoms with E-state index in [1.165, 1.54) is 0 Å². The maximum absolute atomic E-state index is 11.8. The zero-order chi connectivity index (χ0) is 15.3. The van der Waals surface area contributed by atoms with Crippen LogP contribution in [0, 0.1) is 0 Å². The predicted molar refractivity (Wildman–Crippen MR) is 80.9 cm³/mol. The summed E-state index contributed by atoms with van der Waals surface area (Å²) in [4.78, 5) is 13.9. The molecule has 1 aliphatic heterocycles. The maximum atomic E-state index is 11.8. The van der Waals surface area contributed by atoms with E-state index in [2.05, 4.69) is 10.2 Å². The Balaban J connectivity index is 1.69. The van der Waals surface area contributed by atoms with Crippen LogP contribution in [0.2, 0.25) is 0 Å². The van der Waals surface area contributed by atoms with Gasteiger partial charge >= 0.3 is 6.09 Å². The van der Waals surface area contributed by atoms with Crippen LogP contribution < -0.4 is 5.32 Å². The highest BCUT2D eigenvalue weighted by Gasteiger charge is 2.27. The average molecular weight is 292 g/mol. The second kappa shape index (κ2) is 6.91. The number of likely N-dealkylation sites (tertiary alicyclic amines) is 1. The zero-order valence-corrected chi connectivity index (χ0v) is 12.7. The minimum atomic E-state index is -0.706. The Labute approximate surface area is 125 Å². The fourth-order valence-corrected chi connectivity index (χ4v) is 2.57. The first-order valence-corrected chi connectivity index (χ1v) is 7.34. The van der Waals surface area contributed by atoms with Crippen molar-refractivity contribution < 1.29 is 14.6 Å². The van der Waals surface area contributed by atoms with Gasteiger partial charge in [0, 0.05) is 25.7 Å². The molecule has 1 heterocycles. The third-order valence-electron chi connectivity index (χ3n) is 3.42. The number of ether oxygens (including phenoxy) is 1. The number of alkyl carbamates (subject to hydrolysis) is 1. The summed E-state index contributed by atoms with van der Waals surface area (Å²) in [7, 11) is 0. The summed E-state index contributed by atoms with van der Waals surface area (Å²) in [5, 5.41) is 12.7. The summed E-state index contributed by atoms with van der Waals surface area (Å²) in [6.07, 6.45) is 0.505. The second-order valence-electron chi connectivity index (χ2n) is 6.24. The van der Waals surface area contributed by atoms with Crippen molar-refractivity contribution in [2.45, 2.75) is 38.5 Å². The van der Waals surface area contributed by atoms with Gasteiger partial charge in [0.2, 0.25) is 0 Å². The third-order valence-corrected chi connectivity index (χ3v) is 3.42. The molecule has 1 saturated heterocycles. The van der Waals surface area contributed by atoms with E-state index in [0.717, 1.165) is 25.1 Å². The molecule has 0 bridgehead atoms. The molecule has 1 aromatic rings. The van der Waals surface area contributed by atoms with Crippen LogP contribution in [0.3, 0.4) is 0 Å². The Morgan fingerprint density at radius 1 is 1.43 bits per heavy atom. The number of aliphatic hydroxyl groups is 1. The van der Waals surface area contributed by atoms with Gasteiger partial charge in [-0.15, -0.1) is 0 Å². The predicted octanol–water partition coefficient (Wildman–Crippen LogP) is 1.76. The van der Waals surface area contributed by atoms with Crippen LogP contribution in [0.4, 0.5) is 4.79 Å². The van der Waals surface area contributed by atoms with Gasteiger partial charge in [-0.1, -0.05) is 30.3 Å². The molecule has 1 aromatic carbocycles. The number of nitrogens with one attached hydrogen (secondary N) is 1. The van der Waals surface area contributed by atoms with Crippen LogP contribution in [0.15, 0.2) is 30.3 Å². The molecule has 0 saturated carbocycles. The molecular weight excluding hydrogens is 268 g/mol. The molecule has 2 rings (SSSR count). The molecule has 5 nitrogen and oxygen atoms in total. The van der Waals surface area contributed by atoms with Crippen LogP contribution in [0.5, 0.6) is 0 Å². The number of carbonyl (C=O) groups excluding carboxylic acids is 1. The average Bonchev–Trinajstić information content (AvgIpc) is 2.82. The highest BCUT2D eigenvalue weighted by atomic mass is 16.5. The van der Waals surface area contributed by atoms with Crippen molar-refractivity contribution in [3.05, 3.63) is 35.9 Å². The van der Waals surface area contributed by atoms with Crippen molar-refractivity contribution in [1.82, 2.24) is 10.2 Å². The molecule has 0 aromatic heterocycles. The quantitative estimate of drug-likeness (QED) is 0.868. The summed E-state index contributed by atoms with van der Waals surface area (Å²) in [6.45, 7) is 6.12. The van der Waals surface area contributed by atoms with Crippen molar-refractivity contribution >= 4 is 6.09 Å². The normalized spacial score (nSPS) is 19.5. The Hall–Kier alpha value is -1.59. The van der Waals surface area contributed by atoms with Crippen molar-refractivity contribution in [2.75, 3.05) is 19.6 Å². The van der Waals surface area contributed by atoms with Gasteiger partial charge in [-0.25, -0.2) is 4.79 Å². The van der Waals surface area contributed by atoms with Crippen LogP contribution in [0.1, 0.15) is 25.8 Å². The first-order chi connectivity index (χ1) is 9.92. The lowest BCUT2D eigenvalue weighted by Gasteiger charge is -2.25. The number of β-amino-alcohol motifs (C(OH)–C–C–N with tert-alkyl or cyclic N) is 1. The molecule has 2 N–H and O–H groups in total. The highest BCUT2D eigenvalue weighted by Crippen LogP contribution is 2.13. The molecule has 21 heavy (non-hydrogen) atoms. The van der Waals surface area contributed by atoms with Crippen LogP contribution in [-0.2, 0) is 11.3 Å². The molecule has 1 aliphatic rings. The number of carbonyl (C=O) groups is 1. The van der Waals surface area contributed by atoms with Crippen molar-refractivity contribution in [2.24, 2.45) is 0 Å². The molecule has 1 amide bonds. The second-order valence-corrected chi connectivity index (χ2v) is 6.24. The Morgan fingerprint density at radius 3 is 2.81 bits per heavy atom. The van der Waals surface area contributed by atoms with Gasteiger partial charge < -0.3 is 15.2 Å². The van der Waals surface area contributed by atoms with Gasteiger partial charge in [-0.05, 0) is 25.8 Å². The summed E-state index contributed by atoms with van der Waals surface area (Å²) < 4.78 is 5.21. The largest absolute Gasteiger partial charge is 0.445 e. The summed E-state index contributed by atoms with van der Waals surface area (Å²) in [6, 6.07) is 9.71. The van der Waals surface area contributed by atoms with E-state index >= 15 is 0 Å². The number of amides is 1. The SMILES string of the molecule is CC(C)(O)CN1CC[C@@H](NC(=O)OCc2ccccc2)C1. The molecule has 5 heteroatoms. The molecule has 0 radical (unpaired) electrons. The van der Waals surface area contributed by atoms with E-state index in [-0.39, 0.29) is 18.7 Å². The van der Waals surface area contributed by atoms with E-state index in [0.29, 0.717) is 6.54 Å². The summed E-state index contributed by atoms with van der Waals surface area (Å²) >= 11 is 0. The van der Waals surface area contributed by atoms with Crippen LogP contribution >= 0.6 is 0 Å². The van der Waals surface area contributed by atoms with Crippen molar-refractivity contribution in [1.29, 1.82) is 0 Å². The van der Waals surface area contributed by atoms with Crippen molar-refractivity contribution in [3.63, 3.8) is 0 Å². The van der Waals surface area contributed by atoms with E-state index in [9.17, 15) is 9.90 Å². The van der Waals surface area contributed by atoms with Gasteiger partial charge in [0.1, 0.15) is 6.61 Å². The summed E-state index contributed by atoms with van der Waals surface area (Å²) in [5.41, 5.74) is 0.269. The minimum Gasteiger partial charge on any atom is -0.445 e. The first-order valence-electron chi connectivity index (χ1n) is 7.34. The molecule has 0 aliphatic carbocycles. The maximum Gasteiger partial charge on any atom is 0.407 e. The minimum absolute atomic E-state index is 0.0932. The van der Waals surface area contributed by atoms with Crippen LogP contribution in [-0.4, -0.2) is 47.4 Å². The number of nitrogens with zero attached hydrogens (tertiary/aromatic N) is 1. The van der Waals surface area contributed by atoms with E-state index in [1.54, 1.807) is 13.8 Å². The lowest BCUT2D eigenvalue weighted by molar-refractivity contribution is 0.0433. The molecule has 0 spiro atoms. The fraction of sp³-hybridized carbons (Fsp3) is 0.562. The Morgan fingerprint density at radius 2 is 2.14 bits per heavy atom. The Bertz CT molecular complexity index is 456. The topological polar surface area (TPSA) is 61.8 Å². The lowest BCUT2D eigenvalue weighted by atomic mass is 10.1. The zero-order valence-electron chi connectivity index (χ0n) is 12.7. The number of rotatable bonds is 5. The van der Waals surface area contributed by atoms with Gasteiger partial charge in [-0.3, -0.25) is 4.90 Å². The number of hydrogen-bond donors (Lipinski definition) is 2. The van der Waals surface area contributed by atoms with Gasteiger partial charge in [0.25, 0.3) is 0 Å². The van der Waals surface area contributed by atoms with E-state index in [1.807, 2.05) is 30.3 Å². The molecule has 1 fully saturated rings. The lowest BCUT2D eigenvalue weighted by Crippen LogP contribution is -2.41. The van der Waals surface area contributed by atoms with E-state index in [4.69, 9.17) is 4.74 Å². The van der Waals surface area contributed by atoms with Gasteiger partial charge in [0.15, 0.2) is 0 Å². The van der Waals surface area contributed by atoms with Crippen molar-refractivity contribution in [3.8, 4) is 0 Å². The highest BCUT2D eigenvalue weighted by molar-refractivity contribution is 5.67. The summed E-state index contributed by atoms with van der Waals surface area (Å²) in [5.74, 6) is 0. The van der Waals surface area contributed by atoms with Gasteiger partial charge in [0.05, 0.1) is 5.60 Å². The molecule has 1 atom stereocenters. The third kappa shape index (κ3) is 5.73. The number of benzene rings is 1. The smallest absolute Gasteiger partial charge is 0.407 e. The Kier molecular flexibility index (Phi) is 5.20. The molecule has 116 valence electrons. The molecular formula is C16H24N2O3. The monoisotopic (exact) mass is 292 g/mol. The molecule has 0 unspecified atom stereocenters. The standard InChI is InChI=1S/C16H24N2O3/c1-16(2,20)12-18-9-8-14(10-18)17-15(19)21-11-13-6-4-3-5-7-13/h3-7,14,20H,8-12H2,1-2H3,(H,17,19)/t14-/m1/s1. The van der Waals surface area contributed by atoms with E-state index < -0.39 is 5.60 Å².